The van der Waals surface area contributed by atoms with Crippen LogP contribution in [0, 0.1) is 0 Å². The Hall–Kier alpha value is -1.43. The Labute approximate surface area is 98.5 Å². The van der Waals surface area contributed by atoms with E-state index in [0.717, 1.165) is 22.1 Å². The Balaban J connectivity index is 2.04. The van der Waals surface area contributed by atoms with Crippen LogP contribution in [0.15, 0.2) is 12.4 Å². The van der Waals surface area contributed by atoms with Gasteiger partial charge in [-0.3, -0.25) is 4.68 Å². The van der Waals surface area contributed by atoms with Crippen molar-refractivity contribution in [1.29, 1.82) is 0 Å². The second kappa shape index (κ2) is 4.61. The van der Waals surface area contributed by atoms with E-state index in [4.69, 9.17) is 0 Å². The van der Waals surface area contributed by atoms with Crippen LogP contribution < -0.4 is 5.32 Å². The second-order valence-electron chi connectivity index (χ2n) is 3.67. The zero-order valence-corrected chi connectivity index (χ0v) is 10.5. The van der Waals surface area contributed by atoms with E-state index < -0.39 is 0 Å². The molecule has 0 radical (unpaired) electrons. The van der Waals surface area contributed by atoms with Crippen molar-refractivity contribution in [3.63, 3.8) is 0 Å². The highest BCUT2D eigenvalue weighted by molar-refractivity contribution is 7.15. The van der Waals surface area contributed by atoms with E-state index in [1.54, 1.807) is 16.0 Å². The van der Waals surface area contributed by atoms with Crippen molar-refractivity contribution >= 4 is 16.5 Å². The standard InChI is InChI=1S/C10H15N5S/c1-4-9-13-14-10(16-9)12-7(2)8-5-11-15(3)6-8/h5-7H,4H2,1-3H3,(H,12,14). The molecule has 1 N–H and O–H groups in total. The summed E-state index contributed by atoms with van der Waals surface area (Å²) in [4.78, 5) is 0. The number of rotatable bonds is 4. The van der Waals surface area contributed by atoms with Gasteiger partial charge in [0.25, 0.3) is 0 Å². The summed E-state index contributed by atoms with van der Waals surface area (Å²) < 4.78 is 1.80. The summed E-state index contributed by atoms with van der Waals surface area (Å²) in [6.07, 6.45) is 4.79. The first-order valence-corrected chi connectivity index (χ1v) is 6.08. The van der Waals surface area contributed by atoms with Gasteiger partial charge in [-0.25, -0.2) is 0 Å². The highest BCUT2D eigenvalue weighted by Crippen LogP contribution is 2.21. The molecular weight excluding hydrogens is 222 g/mol. The van der Waals surface area contributed by atoms with Gasteiger partial charge in [0, 0.05) is 18.8 Å². The molecule has 0 saturated heterocycles. The Kier molecular flexibility index (Phi) is 3.19. The van der Waals surface area contributed by atoms with Crippen molar-refractivity contribution in [2.24, 2.45) is 7.05 Å². The molecule has 0 aromatic carbocycles. The number of nitrogens with zero attached hydrogens (tertiary/aromatic N) is 4. The van der Waals surface area contributed by atoms with Crippen molar-refractivity contribution < 1.29 is 0 Å². The van der Waals surface area contributed by atoms with E-state index in [1.165, 1.54) is 0 Å². The number of aromatic nitrogens is 4. The van der Waals surface area contributed by atoms with Gasteiger partial charge in [-0.05, 0) is 13.3 Å². The Morgan fingerprint density at radius 1 is 1.50 bits per heavy atom. The summed E-state index contributed by atoms with van der Waals surface area (Å²) in [7, 11) is 1.91. The quantitative estimate of drug-likeness (QED) is 0.883. The first kappa shape index (κ1) is 11.1. The zero-order valence-electron chi connectivity index (χ0n) is 9.64. The first-order chi connectivity index (χ1) is 7.69. The molecule has 5 nitrogen and oxygen atoms in total. The highest BCUT2D eigenvalue weighted by Gasteiger charge is 2.10. The Bertz CT molecular complexity index is 461. The number of anilines is 1. The molecule has 0 bridgehead atoms. The summed E-state index contributed by atoms with van der Waals surface area (Å²) in [6, 6.07) is 0.200. The van der Waals surface area contributed by atoms with Gasteiger partial charge in [0.2, 0.25) is 5.13 Å². The minimum Gasteiger partial charge on any atom is -0.353 e. The molecule has 0 spiro atoms. The maximum Gasteiger partial charge on any atom is 0.206 e. The Morgan fingerprint density at radius 2 is 2.31 bits per heavy atom. The summed E-state index contributed by atoms with van der Waals surface area (Å²) >= 11 is 1.60. The monoisotopic (exact) mass is 237 g/mol. The average molecular weight is 237 g/mol. The van der Waals surface area contributed by atoms with Crippen LogP contribution in [0.5, 0.6) is 0 Å². The zero-order chi connectivity index (χ0) is 11.5. The van der Waals surface area contributed by atoms with Gasteiger partial charge in [0.05, 0.1) is 12.2 Å². The van der Waals surface area contributed by atoms with Crippen LogP contribution in [0.3, 0.4) is 0 Å². The molecule has 16 heavy (non-hydrogen) atoms. The van der Waals surface area contributed by atoms with Crippen molar-refractivity contribution in [1.82, 2.24) is 20.0 Å². The summed E-state index contributed by atoms with van der Waals surface area (Å²) in [5.41, 5.74) is 1.15. The molecule has 6 heteroatoms. The molecular formula is C10H15N5S. The van der Waals surface area contributed by atoms with Crippen molar-refractivity contribution in [2.45, 2.75) is 26.3 Å². The lowest BCUT2D eigenvalue weighted by atomic mass is 10.2. The van der Waals surface area contributed by atoms with Crippen molar-refractivity contribution in [2.75, 3.05) is 5.32 Å². The third-order valence-corrected chi connectivity index (χ3v) is 3.33. The normalized spacial score (nSPS) is 12.7. The van der Waals surface area contributed by atoms with E-state index in [-0.39, 0.29) is 6.04 Å². The molecule has 1 unspecified atom stereocenters. The van der Waals surface area contributed by atoms with Gasteiger partial charge in [-0.1, -0.05) is 18.3 Å². The number of nitrogens with one attached hydrogen (secondary N) is 1. The molecule has 2 aromatic heterocycles. The van der Waals surface area contributed by atoms with Crippen LogP contribution in [0.2, 0.25) is 0 Å². The van der Waals surface area contributed by atoms with Crippen LogP contribution in [0.25, 0.3) is 0 Å². The van der Waals surface area contributed by atoms with Gasteiger partial charge in [-0.15, -0.1) is 10.2 Å². The number of aryl methyl sites for hydroxylation is 2. The van der Waals surface area contributed by atoms with E-state index >= 15 is 0 Å². The third kappa shape index (κ3) is 2.38. The largest absolute Gasteiger partial charge is 0.353 e. The molecule has 0 aliphatic rings. The molecule has 86 valence electrons. The highest BCUT2D eigenvalue weighted by atomic mass is 32.1. The van der Waals surface area contributed by atoms with Crippen LogP contribution in [0.4, 0.5) is 5.13 Å². The fraction of sp³-hybridized carbons (Fsp3) is 0.500. The minimum absolute atomic E-state index is 0.200. The fourth-order valence-electron chi connectivity index (χ4n) is 1.39. The SMILES string of the molecule is CCc1nnc(NC(C)c2cnn(C)c2)s1. The molecule has 0 saturated carbocycles. The van der Waals surface area contributed by atoms with Gasteiger partial charge in [0.15, 0.2) is 0 Å². The van der Waals surface area contributed by atoms with E-state index in [0.29, 0.717) is 0 Å². The Morgan fingerprint density at radius 3 is 2.88 bits per heavy atom. The molecule has 0 aliphatic heterocycles. The second-order valence-corrected chi connectivity index (χ2v) is 4.73. The van der Waals surface area contributed by atoms with Gasteiger partial charge >= 0.3 is 0 Å². The van der Waals surface area contributed by atoms with Crippen molar-refractivity contribution in [3.8, 4) is 0 Å². The lowest BCUT2D eigenvalue weighted by Crippen LogP contribution is -2.05. The summed E-state index contributed by atoms with van der Waals surface area (Å²) in [5.74, 6) is 0. The van der Waals surface area contributed by atoms with E-state index in [9.17, 15) is 0 Å². The number of hydrogen-bond donors (Lipinski definition) is 1. The van der Waals surface area contributed by atoms with E-state index in [1.807, 2.05) is 19.4 Å². The van der Waals surface area contributed by atoms with Gasteiger partial charge in [-0.2, -0.15) is 5.10 Å². The number of hydrogen-bond acceptors (Lipinski definition) is 5. The molecule has 0 fully saturated rings. The van der Waals surface area contributed by atoms with Crippen molar-refractivity contribution in [3.05, 3.63) is 23.0 Å². The lowest BCUT2D eigenvalue weighted by molar-refractivity contribution is 0.765. The maximum absolute atomic E-state index is 4.14. The maximum atomic E-state index is 4.14. The third-order valence-electron chi connectivity index (χ3n) is 2.33. The van der Waals surface area contributed by atoms with Crippen LogP contribution in [-0.4, -0.2) is 20.0 Å². The summed E-state index contributed by atoms with van der Waals surface area (Å²) in [5, 5.41) is 17.5. The van der Waals surface area contributed by atoms with Gasteiger partial charge < -0.3 is 5.32 Å². The topological polar surface area (TPSA) is 55.6 Å². The average Bonchev–Trinajstić information content (AvgIpc) is 2.87. The summed E-state index contributed by atoms with van der Waals surface area (Å²) in [6.45, 7) is 4.17. The van der Waals surface area contributed by atoms with Gasteiger partial charge in [0.1, 0.15) is 5.01 Å². The van der Waals surface area contributed by atoms with E-state index in [2.05, 4.69) is 34.5 Å². The molecule has 1 atom stereocenters. The van der Waals surface area contributed by atoms with Crippen LogP contribution >= 0.6 is 11.3 Å². The molecule has 2 heterocycles. The molecule has 2 aromatic rings. The molecule has 0 aliphatic carbocycles. The van der Waals surface area contributed by atoms with Crippen LogP contribution in [-0.2, 0) is 13.5 Å². The predicted molar refractivity (Wildman–Crippen MR) is 64.5 cm³/mol. The fourth-order valence-corrected chi connectivity index (χ4v) is 2.15. The smallest absolute Gasteiger partial charge is 0.206 e. The predicted octanol–water partition coefficient (Wildman–Crippen LogP) is 2.01. The first-order valence-electron chi connectivity index (χ1n) is 5.26. The molecule has 0 amide bonds. The molecule has 2 rings (SSSR count). The van der Waals surface area contributed by atoms with Crippen LogP contribution in [0.1, 0.15) is 30.5 Å². The minimum atomic E-state index is 0.200. The lowest BCUT2D eigenvalue weighted by Gasteiger charge is -2.09.